The molecule has 0 atom stereocenters. The number of rotatable bonds is 4. The van der Waals surface area contributed by atoms with Crippen LogP contribution in [0.1, 0.15) is 0 Å². The molecule has 0 aliphatic rings. The van der Waals surface area contributed by atoms with E-state index in [-0.39, 0.29) is 0 Å². The van der Waals surface area contributed by atoms with Crippen molar-refractivity contribution in [2.45, 2.75) is 0 Å². The van der Waals surface area contributed by atoms with Crippen LogP contribution in [0.15, 0.2) is 22.7 Å². The lowest BCUT2D eigenvalue weighted by molar-refractivity contribution is -0.136. The summed E-state index contributed by atoms with van der Waals surface area (Å²) in [6.45, 7) is 1.02. The van der Waals surface area contributed by atoms with Crippen LogP contribution in [0.25, 0.3) is 0 Å². The molecule has 0 heterocycles. The van der Waals surface area contributed by atoms with Gasteiger partial charge in [-0.3, -0.25) is 9.59 Å². The van der Waals surface area contributed by atoms with Crippen molar-refractivity contribution in [3.63, 3.8) is 0 Å². The van der Waals surface area contributed by atoms with Crippen LogP contribution in [0.5, 0.6) is 0 Å². The Kier molecular flexibility index (Phi) is 5.91. The maximum absolute atomic E-state index is 12.9. The van der Waals surface area contributed by atoms with Gasteiger partial charge in [0.15, 0.2) is 0 Å². The van der Waals surface area contributed by atoms with Crippen LogP contribution < -0.4 is 10.6 Å². The number of likely N-dealkylation sites (N-methyl/N-ethyl adjacent to an activating group) is 1. The van der Waals surface area contributed by atoms with Crippen LogP contribution in [-0.2, 0) is 9.59 Å². The minimum absolute atomic E-state index is 0.342. The van der Waals surface area contributed by atoms with Gasteiger partial charge in [0.1, 0.15) is 5.82 Å². The van der Waals surface area contributed by atoms with Crippen LogP contribution in [0.2, 0.25) is 0 Å². The summed E-state index contributed by atoms with van der Waals surface area (Å²) >= 11 is 3.10. The molecular formula is C12H15BrFN3O2. The molecule has 0 fully saturated rings. The summed E-state index contributed by atoms with van der Waals surface area (Å²) in [5, 5.41) is 4.88. The zero-order chi connectivity index (χ0) is 14.4. The maximum atomic E-state index is 12.9. The maximum Gasteiger partial charge on any atom is 0.313 e. The lowest BCUT2D eigenvalue weighted by Gasteiger charge is -2.11. The van der Waals surface area contributed by atoms with E-state index in [0.29, 0.717) is 23.2 Å². The van der Waals surface area contributed by atoms with E-state index in [1.807, 2.05) is 19.0 Å². The van der Waals surface area contributed by atoms with Crippen LogP contribution in [0, 0.1) is 5.82 Å². The van der Waals surface area contributed by atoms with E-state index in [1.54, 1.807) is 0 Å². The van der Waals surface area contributed by atoms with Gasteiger partial charge in [0.25, 0.3) is 0 Å². The van der Waals surface area contributed by atoms with Gasteiger partial charge in [-0.2, -0.15) is 0 Å². The van der Waals surface area contributed by atoms with Gasteiger partial charge in [0.2, 0.25) is 0 Å². The van der Waals surface area contributed by atoms with Gasteiger partial charge in [-0.05, 0) is 48.2 Å². The summed E-state index contributed by atoms with van der Waals surface area (Å²) < 4.78 is 13.2. The normalized spacial score (nSPS) is 10.4. The third kappa shape index (κ3) is 5.35. The highest BCUT2D eigenvalue weighted by Crippen LogP contribution is 2.22. The highest BCUT2D eigenvalue weighted by atomic mass is 79.9. The molecule has 5 nitrogen and oxygen atoms in total. The second kappa shape index (κ2) is 7.20. The van der Waals surface area contributed by atoms with E-state index in [1.165, 1.54) is 18.2 Å². The van der Waals surface area contributed by atoms with E-state index >= 15 is 0 Å². The van der Waals surface area contributed by atoms with Gasteiger partial charge in [-0.25, -0.2) is 4.39 Å². The number of carbonyl (C=O) groups is 2. The van der Waals surface area contributed by atoms with E-state index in [0.717, 1.165) is 0 Å². The lowest BCUT2D eigenvalue weighted by atomic mass is 10.3. The number of nitrogens with zero attached hydrogens (tertiary/aromatic N) is 1. The molecule has 0 spiro atoms. The molecule has 0 aliphatic heterocycles. The highest BCUT2D eigenvalue weighted by molar-refractivity contribution is 9.10. The zero-order valence-electron chi connectivity index (χ0n) is 10.7. The van der Waals surface area contributed by atoms with Crippen molar-refractivity contribution < 1.29 is 14.0 Å². The Morgan fingerprint density at radius 1 is 1.32 bits per heavy atom. The number of carbonyl (C=O) groups excluding carboxylic acids is 2. The predicted molar refractivity (Wildman–Crippen MR) is 74.3 cm³/mol. The largest absolute Gasteiger partial charge is 0.347 e. The first-order valence-corrected chi connectivity index (χ1v) is 6.38. The van der Waals surface area contributed by atoms with Crippen molar-refractivity contribution >= 4 is 33.4 Å². The minimum atomic E-state index is -0.786. The third-order valence-corrected chi connectivity index (χ3v) is 2.89. The number of benzene rings is 1. The number of nitrogens with one attached hydrogen (secondary N) is 2. The second-order valence-electron chi connectivity index (χ2n) is 4.14. The molecule has 0 saturated carbocycles. The van der Waals surface area contributed by atoms with Gasteiger partial charge in [0.05, 0.1) is 5.69 Å². The predicted octanol–water partition coefficient (Wildman–Crippen LogP) is 1.20. The average molecular weight is 332 g/mol. The fourth-order valence-electron chi connectivity index (χ4n) is 1.24. The van der Waals surface area contributed by atoms with Crippen molar-refractivity contribution in [1.82, 2.24) is 10.2 Å². The van der Waals surface area contributed by atoms with Crippen molar-refractivity contribution in [2.24, 2.45) is 0 Å². The van der Waals surface area contributed by atoms with Crippen LogP contribution in [0.3, 0.4) is 0 Å². The molecule has 1 rings (SSSR count). The van der Waals surface area contributed by atoms with Gasteiger partial charge >= 0.3 is 11.8 Å². The highest BCUT2D eigenvalue weighted by Gasteiger charge is 2.14. The van der Waals surface area contributed by atoms with E-state index in [4.69, 9.17) is 0 Å². The average Bonchev–Trinajstić information content (AvgIpc) is 2.32. The van der Waals surface area contributed by atoms with Crippen LogP contribution in [0.4, 0.5) is 10.1 Å². The third-order valence-electron chi connectivity index (χ3n) is 2.23. The Morgan fingerprint density at radius 2 is 2.00 bits per heavy atom. The first-order chi connectivity index (χ1) is 8.90. The van der Waals surface area contributed by atoms with Crippen molar-refractivity contribution in [3.05, 3.63) is 28.5 Å². The number of hydrogen-bond acceptors (Lipinski definition) is 3. The molecule has 7 heteroatoms. The summed E-state index contributed by atoms with van der Waals surface area (Å²) in [6.07, 6.45) is 0. The molecule has 2 N–H and O–H groups in total. The van der Waals surface area contributed by atoms with E-state index < -0.39 is 17.6 Å². The fourth-order valence-corrected chi connectivity index (χ4v) is 1.69. The Labute approximate surface area is 119 Å². The molecule has 0 aromatic heterocycles. The summed E-state index contributed by atoms with van der Waals surface area (Å²) in [6, 6.07) is 3.79. The summed E-state index contributed by atoms with van der Waals surface area (Å²) in [4.78, 5) is 24.9. The molecule has 0 aliphatic carbocycles. The Balaban J connectivity index is 2.52. The summed E-state index contributed by atoms with van der Waals surface area (Å²) in [5.41, 5.74) is 0.342. The molecule has 0 radical (unpaired) electrons. The number of hydrogen-bond donors (Lipinski definition) is 2. The molecule has 104 valence electrons. The van der Waals surface area contributed by atoms with Crippen molar-refractivity contribution in [3.8, 4) is 0 Å². The quantitative estimate of drug-likeness (QED) is 0.815. The van der Waals surface area contributed by atoms with Crippen molar-refractivity contribution in [1.29, 1.82) is 0 Å². The Hall–Kier alpha value is -1.47. The lowest BCUT2D eigenvalue weighted by Crippen LogP contribution is -2.38. The Bertz CT molecular complexity index is 480. The standard InChI is InChI=1S/C12H15BrFN3O2/c1-17(2)6-5-15-11(18)12(19)16-10-4-3-8(14)7-9(10)13/h3-4,7H,5-6H2,1-2H3,(H,15,18)(H,16,19). The van der Waals surface area contributed by atoms with Gasteiger partial charge in [0, 0.05) is 17.6 Å². The second-order valence-corrected chi connectivity index (χ2v) is 4.99. The molecular weight excluding hydrogens is 317 g/mol. The molecule has 2 amide bonds. The fraction of sp³-hybridized carbons (Fsp3) is 0.333. The van der Waals surface area contributed by atoms with E-state index in [2.05, 4.69) is 26.6 Å². The first kappa shape index (κ1) is 15.6. The van der Waals surface area contributed by atoms with Gasteiger partial charge < -0.3 is 15.5 Å². The van der Waals surface area contributed by atoms with Crippen LogP contribution in [-0.4, -0.2) is 43.9 Å². The topological polar surface area (TPSA) is 61.4 Å². The number of anilines is 1. The van der Waals surface area contributed by atoms with Crippen LogP contribution >= 0.6 is 15.9 Å². The zero-order valence-corrected chi connectivity index (χ0v) is 12.3. The first-order valence-electron chi connectivity index (χ1n) is 5.59. The molecule has 1 aromatic rings. The Morgan fingerprint density at radius 3 is 2.58 bits per heavy atom. The molecule has 0 bridgehead atoms. The molecule has 0 unspecified atom stereocenters. The monoisotopic (exact) mass is 331 g/mol. The SMILES string of the molecule is CN(C)CCNC(=O)C(=O)Nc1ccc(F)cc1Br. The van der Waals surface area contributed by atoms with Gasteiger partial charge in [-0.1, -0.05) is 0 Å². The minimum Gasteiger partial charge on any atom is -0.347 e. The molecule has 0 saturated heterocycles. The number of amides is 2. The molecule has 19 heavy (non-hydrogen) atoms. The molecule has 1 aromatic carbocycles. The number of halogens is 2. The summed E-state index contributed by atoms with van der Waals surface area (Å²) in [5.74, 6) is -1.94. The van der Waals surface area contributed by atoms with E-state index in [9.17, 15) is 14.0 Å². The smallest absolute Gasteiger partial charge is 0.313 e. The van der Waals surface area contributed by atoms with Gasteiger partial charge in [-0.15, -0.1) is 0 Å². The summed E-state index contributed by atoms with van der Waals surface area (Å²) in [7, 11) is 3.73. The van der Waals surface area contributed by atoms with Crippen molar-refractivity contribution in [2.75, 3.05) is 32.5 Å².